The Hall–Kier alpha value is -2.68. The van der Waals surface area contributed by atoms with Crippen molar-refractivity contribution in [2.45, 2.75) is 0 Å². The van der Waals surface area contributed by atoms with Crippen LogP contribution in [0.2, 0.25) is 0 Å². The minimum Gasteiger partial charge on any atom is -0.492 e. The first-order valence-corrected chi connectivity index (χ1v) is 10.7. The van der Waals surface area contributed by atoms with E-state index in [0.29, 0.717) is 6.61 Å². The molecule has 8 heteroatoms. The molecule has 0 atom stereocenters. The van der Waals surface area contributed by atoms with Crippen LogP contribution in [0.1, 0.15) is 0 Å². The van der Waals surface area contributed by atoms with Crippen LogP contribution in [-0.4, -0.2) is 90.0 Å². The van der Waals surface area contributed by atoms with Crippen LogP contribution >= 0.6 is 0 Å². The van der Waals surface area contributed by atoms with Gasteiger partial charge in [0.05, 0.1) is 19.4 Å². The Bertz CT molecular complexity index is 985. The van der Waals surface area contributed by atoms with Gasteiger partial charge in [-0.1, -0.05) is 12.1 Å². The first kappa shape index (κ1) is 19.3. The van der Waals surface area contributed by atoms with Gasteiger partial charge in [0, 0.05) is 57.6 Å². The summed E-state index contributed by atoms with van der Waals surface area (Å²) in [5.41, 5.74) is 2.92. The molecule has 4 bridgehead atoms. The van der Waals surface area contributed by atoms with Crippen molar-refractivity contribution in [2.24, 2.45) is 0 Å². The van der Waals surface area contributed by atoms with Crippen LogP contribution in [0.5, 0.6) is 5.75 Å². The van der Waals surface area contributed by atoms with Crippen LogP contribution in [0.4, 0.5) is 5.82 Å². The van der Waals surface area contributed by atoms with Gasteiger partial charge in [0.1, 0.15) is 18.2 Å². The van der Waals surface area contributed by atoms with E-state index >= 15 is 0 Å². The van der Waals surface area contributed by atoms with Crippen molar-refractivity contribution in [3.05, 3.63) is 42.7 Å². The Labute approximate surface area is 176 Å². The van der Waals surface area contributed by atoms with Gasteiger partial charge in [-0.25, -0.2) is 9.50 Å². The van der Waals surface area contributed by atoms with Crippen molar-refractivity contribution >= 4 is 11.5 Å². The maximum atomic E-state index is 6.10. The number of aromatic nitrogens is 3. The predicted octanol–water partition coefficient (Wildman–Crippen LogP) is 1.83. The number of nitrogens with one attached hydrogen (secondary N) is 1. The van der Waals surface area contributed by atoms with Gasteiger partial charge in [-0.05, 0) is 23.8 Å². The number of nitrogens with zero attached hydrogens (tertiary/aromatic N) is 5. The fourth-order valence-electron chi connectivity index (χ4n) is 4.00. The molecule has 0 radical (unpaired) electrons. The second-order valence-electron chi connectivity index (χ2n) is 7.74. The number of hydrogen-bond donors (Lipinski definition) is 1. The molecule has 0 aliphatic carbocycles. The zero-order valence-corrected chi connectivity index (χ0v) is 17.2. The van der Waals surface area contributed by atoms with Crippen LogP contribution in [0.3, 0.4) is 0 Å². The summed E-state index contributed by atoms with van der Waals surface area (Å²) in [6, 6.07) is 10.2. The molecule has 0 unspecified atom stereocenters. The minimum atomic E-state index is 0.666. The standard InChI is InChI=1S/C22H28N6O2/c1-2-18-16-19(3-1)30-15-12-26(8-9-27-10-13-29-14-11-27)7-5-23-21-4-6-28-22(25-21)20(18)17-24-28/h1-4,6,16-17H,5,7-15H2,(H,23,25). The number of morpholine rings is 1. The lowest BCUT2D eigenvalue weighted by Gasteiger charge is -2.30. The predicted molar refractivity (Wildman–Crippen MR) is 116 cm³/mol. The number of hydrogen-bond acceptors (Lipinski definition) is 7. The van der Waals surface area contributed by atoms with Crippen LogP contribution in [0.15, 0.2) is 42.7 Å². The first-order chi connectivity index (χ1) is 14.8. The molecular weight excluding hydrogens is 380 g/mol. The molecule has 0 spiro atoms. The topological polar surface area (TPSA) is 67.2 Å². The van der Waals surface area contributed by atoms with E-state index in [0.717, 1.165) is 87.4 Å². The SMILES string of the molecule is c1cc2cc(c1)-c1cnn3ccc(nc13)NCCN(CCN1CCOCC1)CCO2. The highest BCUT2D eigenvalue weighted by atomic mass is 16.5. The molecule has 30 heavy (non-hydrogen) atoms. The van der Waals surface area contributed by atoms with Gasteiger partial charge in [0.15, 0.2) is 5.65 Å². The Kier molecular flexibility index (Phi) is 5.78. The molecule has 8 nitrogen and oxygen atoms in total. The van der Waals surface area contributed by atoms with E-state index in [1.165, 1.54) is 0 Å². The van der Waals surface area contributed by atoms with Gasteiger partial charge in [-0.15, -0.1) is 0 Å². The normalized spacial score (nSPS) is 18.7. The zero-order chi connectivity index (χ0) is 20.2. The van der Waals surface area contributed by atoms with E-state index in [4.69, 9.17) is 14.5 Å². The maximum Gasteiger partial charge on any atom is 0.165 e. The second-order valence-corrected chi connectivity index (χ2v) is 7.74. The molecular formula is C22H28N6O2. The Morgan fingerprint density at radius 3 is 2.70 bits per heavy atom. The first-order valence-electron chi connectivity index (χ1n) is 10.7. The van der Waals surface area contributed by atoms with Crippen molar-refractivity contribution in [3.8, 4) is 16.9 Å². The van der Waals surface area contributed by atoms with E-state index in [1.54, 1.807) is 0 Å². The number of rotatable bonds is 3. The highest BCUT2D eigenvalue weighted by molar-refractivity contribution is 5.78. The Morgan fingerprint density at radius 1 is 0.967 bits per heavy atom. The largest absolute Gasteiger partial charge is 0.492 e. The fraction of sp³-hybridized carbons (Fsp3) is 0.455. The number of ether oxygens (including phenoxy) is 2. The quantitative estimate of drug-likeness (QED) is 0.709. The molecule has 3 aromatic rings. The summed E-state index contributed by atoms with van der Waals surface area (Å²) in [6.45, 7) is 9.12. The molecule has 2 aliphatic heterocycles. The van der Waals surface area contributed by atoms with Crippen LogP contribution in [0, 0.1) is 0 Å². The second kappa shape index (κ2) is 8.99. The Balaban J connectivity index is 1.35. The van der Waals surface area contributed by atoms with Crippen LogP contribution < -0.4 is 10.1 Å². The fourth-order valence-corrected chi connectivity index (χ4v) is 4.00. The van der Waals surface area contributed by atoms with E-state index in [-0.39, 0.29) is 0 Å². The third kappa shape index (κ3) is 4.40. The molecule has 1 aromatic carbocycles. The van der Waals surface area contributed by atoms with E-state index in [2.05, 4.69) is 32.3 Å². The highest BCUT2D eigenvalue weighted by Gasteiger charge is 2.14. The molecule has 5 rings (SSSR count). The average molecular weight is 409 g/mol. The monoisotopic (exact) mass is 408 g/mol. The van der Waals surface area contributed by atoms with Gasteiger partial charge in [0.25, 0.3) is 0 Å². The van der Waals surface area contributed by atoms with Crippen molar-refractivity contribution in [1.82, 2.24) is 24.4 Å². The van der Waals surface area contributed by atoms with E-state index < -0.39 is 0 Å². The number of anilines is 1. The van der Waals surface area contributed by atoms with Crippen molar-refractivity contribution in [1.29, 1.82) is 0 Å². The summed E-state index contributed by atoms with van der Waals surface area (Å²) < 4.78 is 13.4. The minimum absolute atomic E-state index is 0.666. The molecule has 158 valence electrons. The van der Waals surface area contributed by atoms with Crippen molar-refractivity contribution < 1.29 is 9.47 Å². The molecule has 2 aromatic heterocycles. The van der Waals surface area contributed by atoms with Gasteiger partial charge in [0.2, 0.25) is 0 Å². The molecule has 4 heterocycles. The van der Waals surface area contributed by atoms with E-state index in [1.807, 2.05) is 35.1 Å². The summed E-state index contributed by atoms with van der Waals surface area (Å²) in [4.78, 5) is 9.74. The summed E-state index contributed by atoms with van der Waals surface area (Å²) in [7, 11) is 0. The van der Waals surface area contributed by atoms with Gasteiger partial charge in [-0.3, -0.25) is 9.80 Å². The molecule has 0 amide bonds. The number of fused-ring (bicyclic) bond motifs is 4. The Morgan fingerprint density at radius 2 is 1.80 bits per heavy atom. The molecule has 1 fully saturated rings. The van der Waals surface area contributed by atoms with Crippen molar-refractivity contribution in [3.63, 3.8) is 0 Å². The molecule has 1 saturated heterocycles. The summed E-state index contributed by atoms with van der Waals surface area (Å²) >= 11 is 0. The molecule has 2 aliphatic rings. The average Bonchev–Trinajstić information content (AvgIpc) is 3.21. The summed E-state index contributed by atoms with van der Waals surface area (Å²) in [5, 5.41) is 7.93. The summed E-state index contributed by atoms with van der Waals surface area (Å²) in [5.74, 6) is 1.76. The zero-order valence-electron chi connectivity index (χ0n) is 17.2. The molecule has 0 saturated carbocycles. The van der Waals surface area contributed by atoms with Gasteiger partial charge >= 0.3 is 0 Å². The lowest BCUT2D eigenvalue weighted by molar-refractivity contribution is 0.0329. The van der Waals surface area contributed by atoms with Crippen molar-refractivity contribution in [2.75, 3.05) is 71.0 Å². The van der Waals surface area contributed by atoms with Gasteiger partial charge in [-0.2, -0.15) is 5.10 Å². The lowest BCUT2D eigenvalue weighted by Crippen LogP contribution is -2.43. The number of benzene rings is 1. The van der Waals surface area contributed by atoms with Crippen LogP contribution in [-0.2, 0) is 4.74 Å². The third-order valence-corrected chi connectivity index (χ3v) is 5.76. The smallest absolute Gasteiger partial charge is 0.165 e. The van der Waals surface area contributed by atoms with Gasteiger partial charge < -0.3 is 14.8 Å². The molecule has 1 N–H and O–H groups in total. The van der Waals surface area contributed by atoms with E-state index in [9.17, 15) is 0 Å². The lowest BCUT2D eigenvalue weighted by atomic mass is 10.1. The van der Waals surface area contributed by atoms with Crippen LogP contribution in [0.25, 0.3) is 16.8 Å². The third-order valence-electron chi connectivity index (χ3n) is 5.76. The maximum absolute atomic E-state index is 6.10. The highest BCUT2D eigenvalue weighted by Crippen LogP contribution is 2.27. The summed E-state index contributed by atoms with van der Waals surface area (Å²) in [6.07, 6.45) is 3.82.